The molecule has 7 nitrogen and oxygen atoms in total. The van der Waals surface area contributed by atoms with Gasteiger partial charge in [-0.15, -0.1) is 0 Å². The van der Waals surface area contributed by atoms with Crippen molar-refractivity contribution in [1.29, 1.82) is 0 Å². The molecule has 0 saturated heterocycles. The SMILES string of the molecule is CC(C)(C)OC(=O)NCc1ccc(F)c(Nc2c(N)c(=O)c2=O)c1.[HH].[HH].[HH]. The number of rotatable bonds is 4. The maximum absolute atomic E-state index is 13.8. The van der Waals surface area contributed by atoms with Crippen LogP contribution in [0.25, 0.3) is 0 Å². The van der Waals surface area contributed by atoms with E-state index in [0.29, 0.717) is 5.56 Å². The van der Waals surface area contributed by atoms with Crippen LogP contribution in [0.2, 0.25) is 0 Å². The van der Waals surface area contributed by atoms with E-state index in [2.05, 4.69) is 10.6 Å². The van der Waals surface area contributed by atoms with Crippen LogP contribution in [0.4, 0.5) is 26.2 Å². The number of alkyl carbamates (subject to hydrolysis) is 1. The third-order valence-electron chi connectivity index (χ3n) is 3.07. The smallest absolute Gasteiger partial charge is 0.407 e. The zero-order valence-corrected chi connectivity index (χ0v) is 13.5. The van der Waals surface area contributed by atoms with Gasteiger partial charge in [-0.05, 0) is 38.5 Å². The van der Waals surface area contributed by atoms with E-state index in [1.807, 2.05) is 0 Å². The van der Waals surface area contributed by atoms with Gasteiger partial charge in [0, 0.05) is 10.8 Å². The minimum atomic E-state index is -0.791. The van der Waals surface area contributed by atoms with Crippen molar-refractivity contribution in [2.75, 3.05) is 11.1 Å². The number of benzene rings is 1. The van der Waals surface area contributed by atoms with Crippen LogP contribution in [0.15, 0.2) is 27.8 Å². The highest BCUT2D eigenvalue weighted by Crippen LogP contribution is 2.22. The quantitative estimate of drug-likeness (QED) is 0.737. The van der Waals surface area contributed by atoms with E-state index in [1.54, 1.807) is 20.8 Å². The molecule has 0 bridgehead atoms. The lowest BCUT2D eigenvalue weighted by molar-refractivity contribution is 0.0523. The standard InChI is InChI=1S/C16H18FN3O4.3H2/c1-16(2,3)24-15(23)19-7-8-4-5-9(17)10(6-8)20-12-11(18)13(21)14(12)22;;;/h4-6,20H,7,18H2,1-3H3,(H,19,23);3*1H. The average Bonchev–Trinajstić information content (AvgIpc) is 2.50. The summed E-state index contributed by atoms with van der Waals surface area (Å²) in [6.45, 7) is 5.32. The first kappa shape index (κ1) is 17.5. The maximum atomic E-state index is 13.8. The van der Waals surface area contributed by atoms with Gasteiger partial charge in [0.2, 0.25) is 0 Å². The molecule has 0 aromatic heterocycles. The van der Waals surface area contributed by atoms with Crippen LogP contribution in [-0.4, -0.2) is 11.7 Å². The number of amides is 1. The molecular formula is C16H24FN3O4. The first-order valence-electron chi connectivity index (χ1n) is 7.19. The van der Waals surface area contributed by atoms with Crippen molar-refractivity contribution in [2.45, 2.75) is 32.9 Å². The van der Waals surface area contributed by atoms with Crippen molar-refractivity contribution in [1.82, 2.24) is 5.32 Å². The number of nitrogens with one attached hydrogen (secondary N) is 2. The van der Waals surface area contributed by atoms with E-state index in [0.717, 1.165) is 0 Å². The molecule has 0 saturated carbocycles. The fraction of sp³-hybridized carbons (Fsp3) is 0.312. The largest absolute Gasteiger partial charge is 0.444 e. The highest BCUT2D eigenvalue weighted by molar-refractivity contribution is 5.77. The number of nitrogen functional groups attached to an aromatic ring is 1. The van der Waals surface area contributed by atoms with Crippen LogP contribution in [-0.2, 0) is 11.3 Å². The number of nitrogens with two attached hydrogens (primary N) is 1. The topological polar surface area (TPSA) is 111 Å². The normalized spacial score (nSPS) is 11.3. The summed E-state index contributed by atoms with van der Waals surface area (Å²) in [6, 6.07) is 4.06. The van der Waals surface area contributed by atoms with Crippen molar-refractivity contribution < 1.29 is 18.2 Å². The monoisotopic (exact) mass is 341 g/mol. The number of carbonyl (C=O) groups is 1. The molecule has 1 amide bonds. The highest BCUT2D eigenvalue weighted by atomic mass is 19.1. The second-order valence-electron chi connectivity index (χ2n) is 6.24. The van der Waals surface area contributed by atoms with Crippen LogP contribution in [0, 0.1) is 5.82 Å². The Morgan fingerprint density at radius 2 is 1.96 bits per heavy atom. The van der Waals surface area contributed by atoms with E-state index in [-0.39, 0.29) is 27.9 Å². The summed E-state index contributed by atoms with van der Waals surface area (Å²) in [5.41, 5.74) is 3.40. The molecule has 2 rings (SSSR count). The number of halogens is 1. The highest BCUT2D eigenvalue weighted by Gasteiger charge is 2.19. The van der Waals surface area contributed by atoms with Crippen LogP contribution >= 0.6 is 0 Å². The summed E-state index contributed by atoms with van der Waals surface area (Å²) in [6.07, 6.45) is -0.604. The average molecular weight is 341 g/mol. The minimum absolute atomic E-state index is 0. The van der Waals surface area contributed by atoms with Crippen molar-refractivity contribution in [3.05, 3.63) is 50.0 Å². The first-order chi connectivity index (χ1) is 11.1. The molecule has 0 aliphatic carbocycles. The number of anilines is 3. The lowest BCUT2D eigenvalue weighted by Crippen LogP contribution is -2.36. The number of hydrogen-bond acceptors (Lipinski definition) is 6. The molecule has 0 fully saturated rings. The molecule has 2 aromatic carbocycles. The van der Waals surface area contributed by atoms with E-state index in [4.69, 9.17) is 10.5 Å². The summed E-state index contributed by atoms with van der Waals surface area (Å²) in [4.78, 5) is 34.1. The van der Waals surface area contributed by atoms with Gasteiger partial charge >= 0.3 is 6.09 Å². The Labute approximate surface area is 141 Å². The predicted molar refractivity (Wildman–Crippen MR) is 94.9 cm³/mol. The van der Waals surface area contributed by atoms with Gasteiger partial charge in [0.25, 0.3) is 10.9 Å². The van der Waals surface area contributed by atoms with Crippen molar-refractivity contribution >= 4 is 23.2 Å². The maximum Gasteiger partial charge on any atom is 0.407 e. The minimum Gasteiger partial charge on any atom is -0.444 e. The first-order valence-corrected chi connectivity index (χ1v) is 7.19. The Hall–Kier alpha value is -2.90. The van der Waals surface area contributed by atoms with Gasteiger partial charge in [0.15, 0.2) is 0 Å². The Bertz CT molecular complexity index is 862. The van der Waals surface area contributed by atoms with Gasteiger partial charge < -0.3 is 21.1 Å². The molecule has 0 unspecified atom stereocenters. The van der Waals surface area contributed by atoms with Crippen LogP contribution < -0.4 is 27.2 Å². The van der Waals surface area contributed by atoms with Gasteiger partial charge in [0.05, 0.1) is 5.69 Å². The van der Waals surface area contributed by atoms with Crippen molar-refractivity contribution in [3.63, 3.8) is 0 Å². The van der Waals surface area contributed by atoms with Gasteiger partial charge in [-0.2, -0.15) is 0 Å². The molecule has 0 atom stereocenters. The zero-order valence-electron chi connectivity index (χ0n) is 13.5. The third kappa shape index (κ3) is 3.89. The third-order valence-corrected chi connectivity index (χ3v) is 3.07. The van der Waals surface area contributed by atoms with Crippen LogP contribution in [0.3, 0.4) is 0 Å². The van der Waals surface area contributed by atoms with E-state index >= 15 is 0 Å². The molecule has 2 aromatic rings. The van der Waals surface area contributed by atoms with E-state index < -0.39 is 28.4 Å². The number of ether oxygens (including phenoxy) is 1. The van der Waals surface area contributed by atoms with E-state index in [9.17, 15) is 18.8 Å². The van der Waals surface area contributed by atoms with Gasteiger partial charge in [-0.1, -0.05) is 6.07 Å². The molecule has 0 spiro atoms. The van der Waals surface area contributed by atoms with Gasteiger partial charge in [-0.3, -0.25) is 9.59 Å². The van der Waals surface area contributed by atoms with Crippen molar-refractivity contribution in [3.8, 4) is 0 Å². The van der Waals surface area contributed by atoms with Gasteiger partial charge in [0.1, 0.15) is 22.8 Å². The molecule has 8 heteroatoms. The molecule has 0 radical (unpaired) electrons. The van der Waals surface area contributed by atoms with Crippen LogP contribution in [0.5, 0.6) is 0 Å². The molecule has 24 heavy (non-hydrogen) atoms. The molecular weight excluding hydrogens is 317 g/mol. The Balaban J connectivity index is 0. The molecule has 134 valence electrons. The summed E-state index contributed by atoms with van der Waals surface area (Å²) in [5.74, 6) is -0.622. The Morgan fingerprint density at radius 3 is 2.54 bits per heavy atom. The number of hydrogen-bond donors (Lipinski definition) is 3. The fourth-order valence-electron chi connectivity index (χ4n) is 1.93. The van der Waals surface area contributed by atoms with Crippen LogP contribution in [0.1, 0.15) is 30.6 Å². The Morgan fingerprint density at radius 1 is 1.29 bits per heavy atom. The zero-order chi connectivity index (χ0) is 18.1. The predicted octanol–water partition coefficient (Wildman–Crippen LogP) is 2.51. The lowest BCUT2D eigenvalue weighted by atomic mass is 10.1. The van der Waals surface area contributed by atoms with Crippen molar-refractivity contribution in [2.24, 2.45) is 0 Å². The number of carbonyl (C=O) groups excluding carboxylic acids is 1. The fourth-order valence-corrected chi connectivity index (χ4v) is 1.93. The lowest BCUT2D eigenvalue weighted by Gasteiger charge is -2.19. The molecule has 0 heterocycles. The molecule has 0 aliphatic rings. The second kappa shape index (κ2) is 6.31. The molecule has 4 N–H and O–H groups in total. The molecule has 0 aliphatic heterocycles. The summed E-state index contributed by atoms with van der Waals surface area (Å²) in [5, 5.41) is 5.05. The summed E-state index contributed by atoms with van der Waals surface area (Å²) in [7, 11) is 0. The van der Waals surface area contributed by atoms with Gasteiger partial charge in [-0.25, -0.2) is 9.18 Å². The summed E-state index contributed by atoms with van der Waals surface area (Å²) < 4.78 is 18.9. The summed E-state index contributed by atoms with van der Waals surface area (Å²) >= 11 is 0. The van der Waals surface area contributed by atoms with E-state index in [1.165, 1.54) is 18.2 Å². The second-order valence-corrected chi connectivity index (χ2v) is 6.24. The Kier molecular flexibility index (Phi) is 4.59.